The number of nitrogens with zero attached hydrogens (tertiary/aromatic N) is 2. The normalized spacial score (nSPS) is 10.0. The zero-order chi connectivity index (χ0) is 11.1. The van der Waals surface area contributed by atoms with Crippen LogP contribution in [0.15, 0.2) is 0 Å². The van der Waals surface area contributed by atoms with Gasteiger partial charge in [0.05, 0.1) is 6.61 Å². The molecule has 1 heterocycles. The Morgan fingerprint density at radius 2 is 2.33 bits per heavy atom. The minimum absolute atomic E-state index is 0.214. The molecule has 0 bridgehead atoms. The maximum Gasteiger partial charge on any atom is 0.282 e. The van der Waals surface area contributed by atoms with Gasteiger partial charge in [-0.15, -0.1) is 10.2 Å². The summed E-state index contributed by atoms with van der Waals surface area (Å²) < 4.78 is 5.09. The molecule has 1 aromatic heterocycles. The molecule has 0 spiro atoms. The van der Waals surface area contributed by atoms with Gasteiger partial charge in [-0.25, -0.2) is 0 Å². The molecule has 2 N–H and O–H groups in total. The van der Waals surface area contributed by atoms with Crippen LogP contribution in [-0.2, 0) is 4.74 Å². The third-order valence-electron chi connectivity index (χ3n) is 1.57. The zero-order valence-electron chi connectivity index (χ0n) is 8.74. The van der Waals surface area contributed by atoms with E-state index in [1.807, 2.05) is 6.92 Å². The Labute approximate surface area is 92.0 Å². The van der Waals surface area contributed by atoms with E-state index in [0.717, 1.165) is 0 Å². The van der Waals surface area contributed by atoms with Crippen molar-refractivity contribution in [3.63, 3.8) is 0 Å². The van der Waals surface area contributed by atoms with E-state index in [4.69, 9.17) is 4.74 Å². The SMILES string of the molecule is CCOCCNC(=O)c1nnc(NC)s1. The minimum Gasteiger partial charge on any atom is -0.380 e. The van der Waals surface area contributed by atoms with Crippen LogP contribution in [0.5, 0.6) is 0 Å². The number of carbonyl (C=O) groups excluding carboxylic acids is 1. The Balaban J connectivity index is 2.33. The average molecular weight is 230 g/mol. The van der Waals surface area contributed by atoms with Crippen molar-refractivity contribution < 1.29 is 9.53 Å². The quantitative estimate of drug-likeness (QED) is 0.689. The summed E-state index contributed by atoms with van der Waals surface area (Å²) in [6.07, 6.45) is 0. The summed E-state index contributed by atoms with van der Waals surface area (Å²) in [6.45, 7) is 3.56. The molecule has 0 saturated carbocycles. The van der Waals surface area contributed by atoms with Gasteiger partial charge < -0.3 is 15.4 Å². The van der Waals surface area contributed by atoms with Crippen LogP contribution in [0.4, 0.5) is 5.13 Å². The average Bonchev–Trinajstić information content (AvgIpc) is 2.72. The molecule has 0 aliphatic rings. The van der Waals surface area contributed by atoms with Gasteiger partial charge in [-0.05, 0) is 6.92 Å². The van der Waals surface area contributed by atoms with Crippen LogP contribution >= 0.6 is 11.3 Å². The first-order chi connectivity index (χ1) is 7.27. The molecular formula is C8H14N4O2S. The predicted octanol–water partition coefficient (Wildman–Crippen LogP) is 0.346. The molecule has 7 heteroatoms. The fourth-order valence-corrected chi connectivity index (χ4v) is 1.49. The second-order valence-electron chi connectivity index (χ2n) is 2.62. The van der Waals surface area contributed by atoms with Crippen molar-refractivity contribution in [2.75, 3.05) is 32.1 Å². The molecule has 0 unspecified atom stereocenters. The number of ether oxygens (including phenoxy) is 1. The van der Waals surface area contributed by atoms with Gasteiger partial charge in [-0.2, -0.15) is 0 Å². The molecule has 0 fully saturated rings. The molecular weight excluding hydrogens is 216 g/mol. The molecule has 0 saturated heterocycles. The second-order valence-corrected chi connectivity index (χ2v) is 3.59. The summed E-state index contributed by atoms with van der Waals surface area (Å²) in [5, 5.41) is 14.0. The van der Waals surface area contributed by atoms with Crippen molar-refractivity contribution in [3.8, 4) is 0 Å². The topological polar surface area (TPSA) is 76.1 Å². The first-order valence-corrected chi connectivity index (χ1v) is 5.46. The van der Waals surface area contributed by atoms with Gasteiger partial charge in [-0.3, -0.25) is 4.79 Å². The summed E-state index contributed by atoms with van der Waals surface area (Å²) in [5.74, 6) is -0.214. The van der Waals surface area contributed by atoms with E-state index in [1.54, 1.807) is 7.05 Å². The number of anilines is 1. The van der Waals surface area contributed by atoms with E-state index < -0.39 is 0 Å². The number of nitrogens with one attached hydrogen (secondary N) is 2. The lowest BCUT2D eigenvalue weighted by Gasteiger charge is -2.01. The van der Waals surface area contributed by atoms with Gasteiger partial charge in [0.1, 0.15) is 0 Å². The van der Waals surface area contributed by atoms with E-state index in [1.165, 1.54) is 11.3 Å². The Morgan fingerprint density at radius 3 is 2.93 bits per heavy atom. The van der Waals surface area contributed by atoms with Gasteiger partial charge in [0.25, 0.3) is 5.91 Å². The van der Waals surface area contributed by atoms with Crippen LogP contribution in [0.25, 0.3) is 0 Å². The van der Waals surface area contributed by atoms with Crippen molar-refractivity contribution in [2.24, 2.45) is 0 Å². The summed E-state index contributed by atoms with van der Waals surface area (Å²) in [6, 6.07) is 0. The van der Waals surface area contributed by atoms with Gasteiger partial charge in [-0.1, -0.05) is 11.3 Å². The predicted molar refractivity (Wildman–Crippen MR) is 58.3 cm³/mol. The number of hydrogen-bond donors (Lipinski definition) is 2. The standard InChI is InChI=1S/C8H14N4O2S/c1-3-14-5-4-10-6(13)7-11-12-8(9-2)15-7/h3-5H2,1-2H3,(H,9,12)(H,10,13). The highest BCUT2D eigenvalue weighted by molar-refractivity contribution is 7.17. The largest absolute Gasteiger partial charge is 0.380 e. The number of aromatic nitrogens is 2. The third-order valence-corrected chi connectivity index (χ3v) is 2.51. The summed E-state index contributed by atoms with van der Waals surface area (Å²) in [7, 11) is 1.73. The monoisotopic (exact) mass is 230 g/mol. The highest BCUT2D eigenvalue weighted by Gasteiger charge is 2.10. The molecule has 84 valence electrons. The van der Waals surface area contributed by atoms with Crippen molar-refractivity contribution in [1.29, 1.82) is 0 Å². The summed E-state index contributed by atoms with van der Waals surface area (Å²) in [5.41, 5.74) is 0. The zero-order valence-corrected chi connectivity index (χ0v) is 9.56. The molecule has 0 aliphatic heterocycles. The lowest BCUT2D eigenvalue weighted by Crippen LogP contribution is -2.27. The molecule has 0 atom stereocenters. The molecule has 1 rings (SSSR count). The van der Waals surface area contributed by atoms with Crippen molar-refractivity contribution in [2.45, 2.75) is 6.92 Å². The fourth-order valence-electron chi connectivity index (χ4n) is 0.873. The van der Waals surface area contributed by atoms with Crippen molar-refractivity contribution in [3.05, 3.63) is 5.01 Å². The van der Waals surface area contributed by atoms with E-state index in [9.17, 15) is 4.79 Å². The summed E-state index contributed by atoms with van der Waals surface area (Å²) in [4.78, 5) is 11.5. The molecule has 0 radical (unpaired) electrons. The Morgan fingerprint density at radius 1 is 1.53 bits per heavy atom. The minimum atomic E-state index is -0.214. The first kappa shape index (κ1) is 11.9. The van der Waals surface area contributed by atoms with Gasteiger partial charge in [0.2, 0.25) is 10.1 Å². The molecule has 0 aromatic carbocycles. The molecule has 6 nitrogen and oxygen atoms in total. The van der Waals surface area contributed by atoms with E-state index in [-0.39, 0.29) is 5.91 Å². The number of rotatable bonds is 6. The van der Waals surface area contributed by atoms with Crippen LogP contribution in [0, 0.1) is 0 Å². The molecule has 15 heavy (non-hydrogen) atoms. The maximum atomic E-state index is 11.5. The van der Waals surface area contributed by atoms with Crippen LogP contribution in [0.2, 0.25) is 0 Å². The van der Waals surface area contributed by atoms with Gasteiger partial charge in [0, 0.05) is 20.2 Å². The Bertz CT molecular complexity index is 315. The molecule has 1 amide bonds. The molecule has 1 aromatic rings. The Hall–Kier alpha value is -1.21. The van der Waals surface area contributed by atoms with Crippen molar-refractivity contribution in [1.82, 2.24) is 15.5 Å². The summed E-state index contributed by atoms with van der Waals surface area (Å²) >= 11 is 1.22. The number of amides is 1. The van der Waals surface area contributed by atoms with Crippen LogP contribution in [-0.4, -0.2) is 42.9 Å². The lowest BCUT2D eigenvalue weighted by molar-refractivity contribution is 0.0921. The highest BCUT2D eigenvalue weighted by Crippen LogP contribution is 2.13. The van der Waals surface area contributed by atoms with Gasteiger partial charge in [0.15, 0.2) is 0 Å². The highest BCUT2D eigenvalue weighted by atomic mass is 32.1. The lowest BCUT2D eigenvalue weighted by atomic mass is 10.6. The number of carbonyl (C=O) groups is 1. The fraction of sp³-hybridized carbons (Fsp3) is 0.625. The molecule has 0 aliphatic carbocycles. The van der Waals surface area contributed by atoms with E-state index in [0.29, 0.717) is 29.9 Å². The van der Waals surface area contributed by atoms with Crippen molar-refractivity contribution >= 4 is 22.4 Å². The second kappa shape index (κ2) is 6.31. The third kappa shape index (κ3) is 3.80. The van der Waals surface area contributed by atoms with E-state index >= 15 is 0 Å². The maximum absolute atomic E-state index is 11.5. The van der Waals surface area contributed by atoms with Crippen LogP contribution in [0.3, 0.4) is 0 Å². The first-order valence-electron chi connectivity index (χ1n) is 4.65. The van der Waals surface area contributed by atoms with Gasteiger partial charge >= 0.3 is 0 Å². The Kier molecular flexibility index (Phi) is 4.99. The number of hydrogen-bond acceptors (Lipinski definition) is 6. The van der Waals surface area contributed by atoms with Crippen LogP contribution in [0.1, 0.15) is 16.7 Å². The van der Waals surface area contributed by atoms with Crippen LogP contribution < -0.4 is 10.6 Å². The van der Waals surface area contributed by atoms with E-state index in [2.05, 4.69) is 20.8 Å². The smallest absolute Gasteiger partial charge is 0.282 e.